The second-order valence-corrected chi connectivity index (χ2v) is 5.91. The topological polar surface area (TPSA) is 74.8 Å². The molecule has 2 N–H and O–H groups in total. The summed E-state index contributed by atoms with van der Waals surface area (Å²) >= 11 is 1.16. The minimum absolute atomic E-state index is 0.108. The van der Waals surface area contributed by atoms with E-state index >= 15 is 0 Å². The third-order valence-electron chi connectivity index (χ3n) is 2.85. The van der Waals surface area contributed by atoms with Gasteiger partial charge < -0.3 is 10.3 Å². The average Bonchev–Trinajstić information content (AvgIpc) is 2.45. The van der Waals surface area contributed by atoms with Crippen LogP contribution in [-0.2, 0) is 4.79 Å². The maximum absolute atomic E-state index is 13.1. The van der Waals surface area contributed by atoms with Crippen molar-refractivity contribution in [3.05, 3.63) is 34.4 Å². The molecule has 0 aliphatic carbocycles. The molecule has 2 rings (SSSR count). The highest BCUT2D eigenvalue weighted by Gasteiger charge is 2.16. The molecule has 0 spiro atoms. The molecule has 0 radical (unpaired) electrons. The van der Waals surface area contributed by atoms with Gasteiger partial charge in [-0.15, -0.1) is 0 Å². The Morgan fingerprint density at radius 1 is 1.52 bits per heavy atom. The van der Waals surface area contributed by atoms with Crippen LogP contribution >= 0.6 is 11.8 Å². The fourth-order valence-corrected chi connectivity index (χ4v) is 2.59. The number of amides is 1. The number of thioether (sulfide) groups is 1. The Hall–Kier alpha value is -1.89. The van der Waals surface area contributed by atoms with Crippen molar-refractivity contribution < 1.29 is 9.18 Å². The summed E-state index contributed by atoms with van der Waals surface area (Å²) < 4.78 is 13.1. The van der Waals surface area contributed by atoms with Crippen molar-refractivity contribution in [1.82, 2.24) is 15.3 Å². The highest BCUT2D eigenvalue weighted by molar-refractivity contribution is 8.00. The van der Waals surface area contributed by atoms with Crippen LogP contribution in [0.1, 0.15) is 20.3 Å². The number of aromatic amines is 1. The molecule has 1 heterocycles. The van der Waals surface area contributed by atoms with Gasteiger partial charge in [-0.25, -0.2) is 9.37 Å². The van der Waals surface area contributed by atoms with E-state index in [9.17, 15) is 14.0 Å². The van der Waals surface area contributed by atoms with Crippen molar-refractivity contribution in [2.24, 2.45) is 0 Å². The first-order valence-electron chi connectivity index (χ1n) is 6.65. The van der Waals surface area contributed by atoms with E-state index in [1.165, 1.54) is 12.1 Å². The number of rotatable bonds is 5. The lowest BCUT2D eigenvalue weighted by atomic mass is 10.2. The molecule has 5 nitrogen and oxygen atoms in total. The third-order valence-corrected chi connectivity index (χ3v) is 3.84. The lowest BCUT2D eigenvalue weighted by molar-refractivity contribution is -0.120. The van der Waals surface area contributed by atoms with Gasteiger partial charge >= 0.3 is 0 Å². The molecule has 0 aliphatic rings. The quantitative estimate of drug-likeness (QED) is 0.655. The van der Waals surface area contributed by atoms with Crippen LogP contribution in [0.25, 0.3) is 10.9 Å². The van der Waals surface area contributed by atoms with Gasteiger partial charge in [-0.2, -0.15) is 0 Å². The lowest BCUT2D eigenvalue weighted by Gasteiger charge is -2.10. The molecule has 112 valence electrons. The van der Waals surface area contributed by atoms with Crippen molar-refractivity contribution in [1.29, 1.82) is 0 Å². The summed E-state index contributed by atoms with van der Waals surface area (Å²) in [5.74, 6) is -0.591. The SMILES string of the molecule is CCCNC(=O)[C@H](C)Sc1nc2ccc(F)cc2c(=O)[nH]1. The average molecular weight is 309 g/mol. The van der Waals surface area contributed by atoms with Gasteiger partial charge in [0, 0.05) is 6.54 Å². The van der Waals surface area contributed by atoms with Gasteiger partial charge in [0.05, 0.1) is 16.2 Å². The van der Waals surface area contributed by atoms with Gasteiger partial charge in [0.15, 0.2) is 5.16 Å². The molecule has 0 saturated heterocycles. The molecule has 0 aliphatic heterocycles. The van der Waals surface area contributed by atoms with Crippen molar-refractivity contribution in [3.63, 3.8) is 0 Å². The normalized spacial score (nSPS) is 12.3. The predicted molar refractivity (Wildman–Crippen MR) is 80.9 cm³/mol. The maximum Gasteiger partial charge on any atom is 0.259 e. The minimum Gasteiger partial charge on any atom is -0.355 e. The van der Waals surface area contributed by atoms with Crippen LogP contribution in [0.4, 0.5) is 4.39 Å². The number of nitrogens with one attached hydrogen (secondary N) is 2. The molecular formula is C14H16FN3O2S. The summed E-state index contributed by atoms with van der Waals surface area (Å²) in [5.41, 5.74) is -0.00742. The Bertz CT molecular complexity index is 717. The van der Waals surface area contributed by atoms with Crippen LogP contribution in [0.2, 0.25) is 0 Å². The summed E-state index contributed by atoms with van der Waals surface area (Å²) in [6.45, 7) is 4.33. The first kappa shape index (κ1) is 15.5. The number of aromatic nitrogens is 2. The van der Waals surface area contributed by atoms with E-state index in [1.807, 2.05) is 6.92 Å². The zero-order valence-corrected chi connectivity index (χ0v) is 12.6. The zero-order chi connectivity index (χ0) is 15.4. The molecular weight excluding hydrogens is 293 g/mol. The van der Waals surface area contributed by atoms with Gasteiger partial charge in [-0.1, -0.05) is 18.7 Å². The maximum atomic E-state index is 13.1. The molecule has 0 saturated carbocycles. The second-order valence-electron chi connectivity index (χ2n) is 4.58. The van der Waals surface area contributed by atoms with E-state index in [-0.39, 0.29) is 16.5 Å². The third kappa shape index (κ3) is 3.81. The number of hydrogen-bond acceptors (Lipinski definition) is 4. The van der Waals surface area contributed by atoms with Gasteiger partial charge in [-0.3, -0.25) is 9.59 Å². The molecule has 21 heavy (non-hydrogen) atoms. The van der Waals surface area contributed by atoms with Gasteiger partial charge in [0.2, 0.25) is 5.91 Å². The summed E-state index contributed by atoms with van der Waals surface area (Å²) in [7, 11) is 0. The largest absolute Gasteiger partial charge is 0.355 e. The molecule has 7 heteroatoms. The molecule has 2 aromatic rings. The number of carbonyl (C=O) groups is 1. The number of benzene rings is 1. The number of nitrogens with zero attached hydrogens (tertiary/aromatic N) is 1. The van der Waals surface area contributed by atoms with Gasteiger partial charge in [-0.05, 0) is 31.5 Å². The lowest BCUT2D eigenvalue weighted by Crippen LogP contribution is -2.31. The van der Waals surface area contributed by atoms with Crippen LogP contribution in [-0.4, -0.2) is 27.7 Å². The monoisotopic (exact) mass is 309 g/mol. The van der Waals surface area contributed by atoms with E-state index in [0.29, 0.717) is 17.2 Å². The fraction of sp³-hybridized carbons (Fsp3) is 0.357. The Labute approximate surface area is 125 Å². The first-order valence-corrected chi connectivity index (χ1v) is 7.53. The summed E-state index contributed by atoms with van der Waals surface area (Å²) in [6.07, 6.45) is 0.861. The Kier molecular flexibility index (Phi) is 4.95. The molecule has 1 aromatic carbocycles. The zero-order valence-electron chi connectivity index (χ0n) is 11.8. The predicted octanol–water partition coefficient (Wildman–Crippen LogP) is 2.07. The minimum atomic E-state index is -0.484. The number of fused-ring (bicyclic) bond motifs is 1. The van der Waals surface area contributed by atoms with Gasteiger partial charge in [0.1, 0.15) is 5.82 Å². The summed E-state index contributed by atoms with van der Waals surface area (Å²) in [5, 5.41) is 2.95. The fourth-order valence-electron chi connectivity index (χ4n) is 1.76. The molecule has 0 unspecified atom stereocenters. The van der Waals surface area contributed by atoms with E-state index in [2.05, 4.69) is 15.3 Å². The van der Waals surface area contributed by atoms with E-state index in [0.717, 1.165) is 24.2 Å². The number of carbonyl (C=O) groups excluding carboxylic acids is 1. The molecule has 1 amide bonds. The van der Waals surface area contributed by atoms with E-state index in [1.54, 1.807) is 6.92 Å². The summed E-state index contributed by atoms with van der Waals surface area (Å²) in [6, 6.07) is 3.85. The van der Waals surface area contributed by atoms with E-state index in [4.69, 9.17) is 0 Å². The molecule has 0 bridgehead atoms. The van der Waals surface area contributed by atoms with Crippen LogP contribution in [0, 0.1) is 5.82 Å². The Balaban J connectivity index is 2.21. The van der Waals surface area contributed by atoms with Crippen molar-refractivity contribution in [2.75, 3.05) is 6.54 Å². The van der Waals surface area contributed by atoms with Crippen LogP contribution in [0.3, 0.4) is 0 Å². The van der Waals surface area contributed by atoms with Gasteiger partial charge in [0.25, 0.3) is 5.56 Å². The van der Waals surface area contributed by atoms with Crippen molar-refractivity contribution in [3.8, 4) is 0 Å². The molecule has 1 atom stereocenters. The number of hydrogen-bond donors (Lipinski definition) is 2. The number of halogens is 1. The summed E-state index contributed by atoms with van der Waals surface area (Å²) in [4.78, 5) is 30.5. The Morgan fingerprint density at radius 2 is 2.29 bits per heavy atom. The van der Waals surface area contributed by atoms with Crippen molar-refractivity contribution in [2.45, 2.75) is 30.7 Å². The highest BCUT2D eigenvalue weighted by Crippen LogP contribution is 2.20. The van der Waals surface area contributed by atoms with E-state index < -0.39 is 11.4 Å². The highest BCUT2D eigenvalue weighted by atomic mass is 32.2. The first-order chi connectivity index (χ1) is 10.0. The van der Waals surface area contributed by atoms with Crippen LogP contribution in [0.15, 0.2) is 28.2 Å². The molecule has 0 fully saturated rings. The van der Waals surface area contributed by atoms with Crippen LogP contribution < -0.4 is 10.9 Å². The molecule has 1 aromatic heterocycles. The van der Waals surface area contributed by atoms with Crippen molar-refractivity contribution >= 4 is 28.6 Å². The standard InChI is InChI=1S/C14H16FN3O2S/c1-3-6-16-12(19)8(2)21-14-17-11-5-4-9(15)7-10(11)13(20)18-14/h4-5,7-8H,3,6H2,1-2H3,(H,16,19)(H,17,18,20)/t8-/m0/s1. The van der Waals surface area contributed by atoms with Crippen LogP contribution in [0.5, 0.6) is 0 Å². The second kappa shape index (κ2) is 6.71. The number of H-pyrrole nitrogens is 1. The Morgan fingerprint density at radius 3 is 3.00 bits per heavy atom. The smallest absolute Gasteiger partial charge is 0.259 e.